The third-order valence-electron chi connectivity index (χ3n) is 2.94. The van der Waals surface area contributed by atoms with Crippen LogP contribution in [0.5, 0.6) is 0 Å². The Kier molecular flexibility index (Phi) is 3.64. The molecular formula is C11H16O5. The van der Waals surface area contributed by atoms with Crippen molar-refractivity contribution in [2.45, 2.75) is 50.7 Å². The van der Waals surface area contributed by atoms with Crippen LogP contribution in [0.4, 0.5) is 4.79 Å². The first-order valence-electron chi connectivity index (χ1n) is 5.79. The smallest absolute Gasteiger partial charge is 0.460 e. The first-order valence-corrected chi connectivity index (χ1v) is 5.79. The molecule has 1 unspecified atom stereocenters. The molecule has 1 heterocycles. The Hall–Kier alpha value is -1.26. The lowest BCUT2D eigenvalue weighted by molar-refractivity contribution is -0.157. The number of ether oxygens (including phenoxy) is 3. The van der Waals surface area contributed by atoms with Gasteiger partial charge in [0.15, 0.2) is 0 Å². The van der Waals surface area contributed by atoms with Crippen LogP contribution in [-0.4, -0.2) is 30.9 Å². The second-order valence-electron chi connectivity index (χ2n) is 4.22. The van der Waals surface area contributed by atoms with Crippen molar-refractivity contribution in [2.24, 2.45) is 0 Å². The van der Waals surface area contributed by atoms with E-state index in [0.717, 1.165) is 25.7 Å². The Morgan fingerprint density at radius 2 is 1.88 bits per heavy atom. The van der Waals surface area contributed by atoms with Gasteiger partial charge < -0.3 is 14.2 Å². The predicted octanol–water partition coefficient (Wildman–Crippen LogP) is 1.79. The molecule has 0 spiro atoms. The summed E-state index contributed by atoms with van der Waals surface area (Å²) in [7, 11) is 0. The Balaban J connectivity index is 1.79. The Labute approximate surface area is 94.0 Å². The van der Waals surface area contributed by atoms with E-state index in [9.17, 15) is 9.59 Å². The van der Waals surface area contributed by atoms with Gasteiger partial charge in [-0.25, -0.2) is 9.59 Å². The topological polar surface area (TPSA) is 61.8 Å². The summed E-state index contributed by atoms with van der Waals surface area (Å²) in [5, 5.41) is 0. The zero-order valence-electron chi connectivity index (χ0n) is 9.15. The number of hydrogen-bond acceptors (Lipinski definition) is 5. The normalized spacial score (nSPS) is 26.8. The summed E-state index contributed by atoms with van der Waals surface area (Å²) < 4.78 is 14.5. The van der Waals surface area contributed by atoms with Crippen LogP contribution in [0.25, 0.3) is 0 Å². The first kappa shape index (κ1) is 11.2. The minimum absolute atomic E-state index is 0.0192. The summed E-state index contributed by atoms with van der Waals surface area (Å²) in [6.07, 6.45) is 4.75. The average Bonchev–Trinajstić information content (AvgIpc) is 2.54. The number of carbonyl (C=O) groups is 2. The summed E-state index contributed by atoms with van der Waals surface area (Å²) in [5.74, 6) is -0.474. The summed E-state index contributed by atoms with van der Waals surface area (Å²) >= 11 is 0. The molecule has 0 aromatic heterocycles. The van der Waals surface area contributed by atoms with Gasteiger partial charge in [-0.1, -0.05) is 12.8 Å². The zero-order valence-corrected chi connectivity index (χ0v) is 9.15. The van der Waals surface area contributed by atoms with Gasteiger partial charge in [0, 0.05) is 0 Å². The SMILES string of the molecule is O=C1OCC(C(=O)OC2CCCCCC2)O1. The molecule has 0 amide bonds. The minimum atomic E-state index is -0.865. The van der Waals surface area contributed by atoms with Crippen LogP contribution in [0.3, 0.4) is 0 Å². The molecule has 0 bridgehead atoms. The van der Waals surface area contributed by atoms with Crippen LogP contribution in [0.2, 0.25) is 0 Å². The van der Waals surface area contributed by atoms with Crippen LogP contribution in [0.15, 0.2) is 0 Å². The monoisotopic (exact) mass is 228 g/mol. The molecule has 1 saturated carbocycles. The molecule has 1 aliphatic carbocycles. The molecule has 16 heavy (non-hydrogen) atoms. The molecule has 0 N–H and O–H groups in total. The maximum Gasteiger partial charge on any atom is 0.509 e. The van der Waals surface area contributed by atoms with Gasteiger partial charge >= 0.3 is 12.1 Å². The van der Waals surface area contributed by atoms with E-state index < -0.39 is 18.2 Å². The van der Waals surface area contributed by atoms with Crippen LogP contribution in [0.1, 0.15) is 38.5 Å². The number of esters is 1. The molecule has 90 valence electrons. The molecular weight excluding hydrogens is 212 g/mol. The van der Waals surface area contributed by atoms with Crippen LogP contribution in [-0.2, 0) is 19.0 Å². The highest BCUT2D eigenvalue weighted by atomic mass is 16.8. The third-order valence-corrected chi connectivity index (χ3v) is 2.94. The summed E-state index contributed by atoms with van der Waals surface area (Å²) in [5.41, 5.74) is 0. The van der Waals surface area contributed by atoms with Crippen molar-refractivity contribution in [1.82, 2.24) is 0 Å². The first-order chi connectivity index (χ1) is 7.75. The van der Waals surface area contributed by atoms with Crippen molar-refractivity contribution in [2.75, 3.05) is 6.61 Å². The molecule has 2 aliphatic rings. The maximum atomic E-state index is 11.6. The maximum absolute atomic E-state index is 11.6. The number of carbonyl (C=O) groups excluding carboxylic acids is 2. The summed E-state index contributed by atoms with van der Waals surface area (Å²) in [6.45, 7) is -0.0234. The molecule has 1 saturated heterocycles. The van der Waals surface area contributed by atoms with Crippen molar-refractivity contribution >= 4 is 12.1 Å². The quantitative estimate of drug-likeness (QED) is 0.532. The summed E-state index contributed by atoms with van der Waals surface area (Å²) in [4.78, 5) is 22.2. The van der Waals surface area contributed by atoms with E-state index in [4.69, 9.17) is 4.74 Å². The fourth-order valence-electron chi connectivity index (χ4n) is 2.04. The van der Waals surface area contributed by atoms with Gasteiger partial charge in [-0.15, -0.1) is 0 Å². The van der Waals surface area contributed by atoms with E-state index in [1.807, 2.05) is 0 Å². The fourth-order valence-corrected chi connectivity index (χ4v) is 2.04. The molecule has 2 rings (SSSR count). The standard InChI is InChI=1S/C11H16O5/c12-10(9-7-14-11(13)16-9)15-8-5-3-1-2-4-6-8/h8-9H,1-7H2. The minimum Gasteiger partial charge on any atom is -0.460 e. The van der Waals surface area contributed by atoms with Crippen molar-refractivity contribution < 1.29 is 23.8 Å². The number of rotatable bonds is 2. The van der Waals surface area contributed by atoms with Crippen molar-refractivity contribution in [1.29, 1.82) is 0 Å². The zero-order chi connectivity index (χ0) is 11.4. The molecule has 0 aromatic carbocycles. The van der Waals surface area contributed by atoms with E-state index in [1.54, 1.807) is 0 Å². The molecule has 5 heteroatoms. The van der Waals surface area contributed by atoms with Crippen LogP contribution >= 0.6 is 0 Å². The molecule has 1 aliphatic heterocycles. The van der Waals surface area contributed by atoms with Gasteiger partial charge in [0.2, 0.25) is 6.10 Å². The van der Waals surface area contributed by atoms with Gasteiger partial charge in [0.1, 0.15) is 12.7 Å². The van der Waals surface area contributed by atoms with Gasteiger partial charge in [-0.3, -0.25) is 0 Å². The lowest BCUT2D eigenvalue weighted by Gasteiger charge is -2.16. The van der Waals surface area contributed by atoms with E-state index in [2.05, 4.69) is 9.47 Å². The highest BCUT2D eigenvalue weighted by Crippen LogP contribution is 2.21. The van der Waals surface area contributed by atoms with E-state index in [0.29, 0.717) is 0 Å². The lowest BCUT2D eigenvalue weighted by Crippen LogP contribution is -2.29. The Morgan fingerprint density at radius 1 is 1.19 bits per heavy atom. The molecule has 0 radical (unpaired) electrons. The van der Waals surface area contributed by atoms with Gasteiger partial charge in [-0.05, 0) is 25.7 Å². The van der Waals surface area contributed by atoms with Crippen molar-refractivity contribution in [3.8, 4) is 0 Å². The predicted molar refractivity (Wildman–Crippen MR) is 53.8 cm³/mol. The fraction of sp³-hybridized carbons (Fsp3) is 0.818. The Morgan fingerprint density at radius 3 is 2.44 bits per heavy atom. The molecule has 2 fully saturated rings. The van der Waals surface area contributed by atoms with E-state index in [-0.39, 0.29) is 12.7 Å². The van der Waals surface area contributed by atoms with Gasteiger partial charge in [0.05, 0.1) is 0 Å². The average molecular weight is 228 g/mol. The highest BCUT2D eigenvalue weighted by Gasteiger charge is 2.34. The molecule has 5 nitrogen and oxygen atoms in total. The molecule has 0 aromatic rings. The largest absolute Gasteiger partial charge is 0.509 e. The number of hydrogen-bond donors (Lipinski definition) is 0. The van der Waals surface area contributed by atoms with Crippen molar-refractivity contribution in [3.05, 3.63) is 0 Å². The summed E-state index contributed by atoms with van der Waals surface area (Å²) in [6, 6.07) is 0. The Bertz CT molecular complexity index is 268. The van der Waals surface area contributed by atoms with E-state index >= 15 is 0 Å². The van der Waals surface area contributed by atoms with Crippen LogP contribution < -0.4 is 0 Å². The van der Waals surface area contributed by atoms with Gasteiger partial charge in [-0.2, -0.15) is 0 Å². The van der Waals surface area contributed by atoms with Crippen molar-refractivity contribution in [3.63, 3.8) is 0 Å². The van der Waals surface area contributed by atoms with Gasteiger partial charge in [0.25, 0.3) is 0 Å². The highest BCUT2D eigenvalue weighted by molar-refractivity contribution is 5.79. The van der Waals surface area contributed by atoms with E-state index in [1.165, 1.54) is 12.8 Å². The lowest BCUT2D eigenvalue weighted by atomic mass is 10.1. The second kappa shape index (κ2) is 5.18. The third kappa shape index (κ3) is 2.87. The second-order valence-corrected chi connectivity index (χ2v) is 4.22. The number of cyclic esters (lactones) is 2. The molecule has 1 atom stereocenters. The van der Waals surface area contributed by atoms with Crippen LogP contribution in [0, 0.1) is 0 Å².